The van der Waals surface area contributed by atoms with Crippen LogP contribution in [0, 0.1) is 18.8 Å². The molecule has 0 atom stereocenters. The number of nitrogens with zero attached hydrogens (tertiary/aromatic N) is 3. The highest BCUT2D eigenvalue weighted by atomic mass is 16.5. The van der Waals surface area contributed by atoms with E-state index >= 15 is 0 Å². The normalized spacial score (nSPS) is 9.70. The minimum absolute atomic E-state index is 0.183. The highest BCUT2D eigenvalue weighted by molar-refractivity contribution is 5.96. The van der Waals surface area contributed by atoms with Crippen LogP contribution in [0.25, 0.3) is 0 Å². The number of aromatic nitrogens is 3. The van der Waals surface area contributed by atoms with Gasteiger partial charge in [0.25, 0.3) is 5.91 Å². The maximum absolute atomic E-state index is 12.1. The first-order chi connectivity index (χ1) is 9.70. The van der Waals surface area contributed by atoms with Crippen molar-refractivity contribution in [2.45, 2.75) is 13.5 Å². The Balaban J connectivity index is 2.09. The molecule has 20 heavy (non-hydrogen) atoms. The number of hydrogen-bond donors (Lipinski definition) is 2. The molecule has 0 spiro atoms. The van der Waals surface area contributed by atoms with Gasteiger partial charge in [0.15, 0.2) is 5.82 Å². The third-order valence-electron chi connectivity index (χ3n) is 2.37. The van der Waals surface area contributed by atoms with E-state index in [1.54, 1.807) is 13.0 Å². The van der Waals surface area contributed by atoms with Gasteiger partial charge in [0.2, 0.25) is 5.89 Å². The van der Waals surface area contributed by atoms with Crippen LogP contribution in [0.3, 0.4) is 0 Å². The largest absolute Gasteiger partial charge is 0.345 e. The first-order valence-corrected chi connectivity index (χ1v) is 5.91. The Morgan fingerprint density at radius 2 is 2.40 bits per heavy atom. The van der Waals surface area contributed by atoms with Crippen LogP contribution in [0.4, 0.5) is 0 Å². The Kier molecular flexibility index (Phi) is 4.42. The fraction of sp³-hybridized carbons (Fsp3) is 0.231. The van der Waals surface area contributed by atoms with Crippen molar-refractivity contribution in [2.24, 2.45) is 5.73 Å². The zero-order valence-electron chi connectivity index (χ0n) is 10.9. The molecule has 7 heteroatoms. The van der Waals surface area contributed by atoms with Gasteiger partial charge in [-0.2, -0.15) is 4.98 Å². The van der Waals surface area contributed by atoms with Crippen molar-refractivity contribution in [3.63, 3.8) is 0 Å². The van der Waals surface area contributed by atoms with E-state index in [2.05, 4.69) is 32.3 Å². The second-order valence-corrected chi connectivity index (χ2v) is 3.84. The molecule has 0 saturated heterocycles. The molecule has 7 nitrogen and oxygen atoms in total. The first-order valence-electron chi connectivity index (χ1n) is 5.91. The Bertz CT molecular complexity index is 669. The summed E-state index contributed by atoms with van der Waals surface area (Å²) in [6.45, 7) is 2.09. The van der Waals surface area contributed by atoms with E-state index in [4.69, 9.17) is 10.3 Å². The molecule has 3 N–H and O–H groups in total. The smallest absolute Gasteiger partial charge is 0.253 e. The van der Waals surface area contributed by atoms with Gasteiger partial charge >= 0.3 is 0 Å². The molecule has 0 unspecified atom stereocenters. The molecule has 2 aromatic heterocycles. The molecule has 0 aliphatic heterocycles. The van der Waals surface area contributed by atoms with Gasteiger partial charge in [0, 0.05) is 19.3 Å². The summed E-state index contributed by atoms with van der Waals surface area (Å²) >= 11 is 0. The van der Waals surface area contributed by atoms with Crippen LogP contribution in [0.1, 0.15) is 27.6 Å². The van der Waals surface area contributed by atoms with Crippen molar-refractivity contribution in [2.75, 3.05) is 6.54 Å². The monoisotopic (exact) mass is 271 g/mol. The third-order valence-corrected chi connectivity index (χ3v) is 2.37. The van der Waals surface area contributed by atoms with Crippen molar-refractivity contribution >= 4 is 5.91 Å². The molecule has 2 aromatic rings. The number of rotatable bonds is 3. The third kappa shape index (κ3) is 3.40. The second kappa shape index (κ2) is 6.45. The van der Waals surface area contributed by atoms with Gasteiger partial charge in [-0.1, -0.05) is 17.0 Å². The summed E-state index contributed by atoms with van der Waals surface area (Å²) in [7, 11) is 0. The number of hydrogen-bond acceptors (Lipinski definition) is 6. The highest BCUT2D eigenvalue weighted by Crippen LogP contribution is 2.05. The lowest BCUT2D eigenvalue weighted by Gasteiger charge is -2.04. The molecule has 1 amide bonds. The molecular weight excluding hydrogens is 258 g/mol. The molecular formula is C13H13N5O2. The van der Waals surface area contributed by atoms with Gasteiger partial charge in [-0.3, -0.25) is 9.78 Å². The Hall–Kier alpha value is -2.72. The molecule has 0 aliphatic rings. The molecule has 2 heterocycles. The number of nitrogens with two attached hydrogens (primary N) is 1. The number of carbonyl (C=O) groups excluding carboxylic acids is 1. The van der Waals surface area contributed by atoms with E-state index in [9.17, 15) is 4.79 Å². The van der Waals surface area contributed by atoms with Crippen LogP contribution in [-0.4, -0.2) is 27.6 Å². The first kappa shape index (κ1) is 13.7. The zero-order chi connectivity index (χ0) is 14.4. The van der Waals surface area contributed by atoms with Crippen molar-refractivity contribution in [3.05, 3.63) is 41.3 Å². The van der Waals surface area contributed by atoms with Gasteiger partial charge in [0.1, 0.15) is 0 Å². The van der Waals surface area contributed by atoms with Crippen LogP contribution in [0.2, 0.25) is 0 Å². The highest BCUT2D eigenvalue weighted by Gasteiger charge is 2.11. The minimum atomic E-state index is -0.281. The predicted molar refractivity (Wildman–Crippen MR) is 70.4 cm³/mol. The average molecular weight is 271 g/mol. The van der Waals surface area contributed by atoms with E-state index < -0.39 is 0 Å². The van der Waals surface area contributed by atoms with Gasteiger partial charge in [-0.25, -0.2) is 0 Å². The van der Waals surface area contributed by atoms with Gasteiger partial charge < -0.3 is 15.6 Å². The summed E-state index contributed by atoms with van der Waals surface area (Å²) in [6, 6.07) is 1.59. The Morgan fingerprint density at radius 3 is 3.10 bits per heavy atom. The summed E-state index contributed by atoms with van der Waals surface area (Å²) in [5.74, 6) is 6.09. The zero-order valence-corrected chi connectivity index (χ0v) is 10.9. The summed E-state index contributed by atoms with van der Waals surface area (Å²) in [4.78, 5) is 20.0. The summed E-state index contributed by atoms with van der Waals surface area (Å²) in [6.07, 6.45) is 3.05. The Morgan fingerprint density at radius 1 is 1.55 bits per heavy atom. The van der Waals surface area contributed by atoms with E-state index in [0.717, 1.165) is 0 Å². The number of aryl methyl sites for hydroxylation is 1. The maximum atomic E-state index is 12.1. The van der Waals surface area contributed by atoms with Crippen molar-refractivity contribution in [1.82, 2.24) is 20.4 Å². The summed E-state index contributed by atoms with van der Waals surface area (Å²) in [5.41, 5.74) is 6.28. The van der Waals surface area contributed by atoms with Gasteiger partial charge in [-0.15, -0.1) is 0 Å². The SMILES string of the molecule is Cc1nc(CNC(=O)c2ccncc2C#CCN)no1. The number of amides is 1. The fourth-order valence-electron chi connectivity index (χ4n) is 1.51. The lowest BCUT2D eigenvalue weighted by molar-refractivity contribution is 0.0949. The molecule has 0 bridgehead atoms. The second-order valence-electron chi connectivity index (χ2n) is 3.84. The van der Waals surface area contributed by atoms with Crippen LogP contribution in [-0.2, 0) is 6.54 Å². The standard InChI is InChI=1S/C13H13N5O2/c1-9-17-12(18-20-9)8-16-13(19)11-4-6-15-7-10(11)3-2-5-14/h4,6-7H,5,8,14H2,1H3,(H,16,19). The lowest BCUT2D eigenvalue weighted by Crippen LogP contribution is -2.24. The van der Waals surface area contributed by atoms with Crippen molar-refractivity contribution < 1.29 is 9.32 Å². The minimum Gasteiger partial charge on any atom is -0.345 e. The molecule has 0 aliphatic carbocycles. The number of nitrogens with one attached hydrogen (secondary N) is 1. The maximum Gasteiger partial charge on any atom is 0.253 e. The molecule has 2 rings (SSSR count). The van der Waals surface area contributed by atoms with E-state index in [0.29, 0.717) is 22.8 Å². The Labute approximate surface area is 115 Å². The topological polar surface area (TPSA) is 107 Å². The van der Waals surface area contributed by atoms with Crippen molar-refractivity contribution in [3.8, 4) is 11.8 Å². The van der Waals surface area contributed by atoms with Crippen LogP contribution in [0.15, 0.2) is 23.0 Å². The summed E-state index contributed by atoms with van der Waals surface area (Å²) in [5, 5.41) is 6.39. The fourth-order valence-corrected chi connectivity index (χ4v) is 1.51. The van der Waals surface area contributed by atoms with E-state index in [1.807, 2.05) is 0 Å². The van der Waals surface area contributed by atoms with Crippen LogP contribution in [0.5, 0.6) is 0 Å². The molecule has 0 saturated carbocycles. The van der Waals surface area contributed by atoms with E-state index in [-0.39, 0.29) is 19.0 Å². The van der Waals surface area contributed by atoms with E-state index in [1.165, 1.54) is 12.4 Å². The van der Waals surface area contributed by atoms with Crippen molar-refractivity contribution in [1.29, 1.82) is 0 Å². The van der Waals surface area contributed by atoms with Gasteiger partial charge in [-0.05, 0) is 6.07 Å². The number of carbonyl (C=O) groups is 1. The average Bonchev–Trinajstić information content (AvgIpc) is 2.88. The molecule has 0 radical (unpaired) electrons. The molecule has 0 fully saturated rings. The predicted octanol–water partition coefficient (Wildman–Crippen LogP) is 0.0132. The van der Waals surface area contributed by atoms with Crippen LogP contribution < -0.4 is 11.1 Å². The molecule has 0 aromatic carbocycles. The molecule has 102 valence electrons. The van der Waals surface area contributed by atoms with Crippen LogP contribution >= 0.6 is 0 Å². The number of pyridine rings is 1. The van der Waals surface area contributed by atoms with Gasteiger partial charge in [0.05, 0.1) is 24.2 Å². The lowest BCUT2D eigenvalue weighted by atomic mass is 10.1. The summed E-state index contributed by atoms with van der Waals surface area (Å²) < 4.78 is 4.82. The quantitative estimate of drug-likeness (QED) is 0.762.